The number of carbonyl (C=O) groups excluding carboxylic acids is 1. The van der Waals surface area contributed by atoms with Gasteiger partial charge in [-0.1, -0.05) is 30.2 Å². The van der Waals surface area contributed by atoms with Crippen molar-refractivity contribution >= 4 is 5.78 Å². The zero-order valence-corrected chi connectivity index (χ0v) is 15.4. The molecule has 0 aromatic rings. The third-order valence-corrected chi connectivity index (χ3v) is 9.37. The number of carbonyl (C=O) groups is 1. The van der Waals surface area contributed by atoms with Gasteiger partial charge >= 0.3 is 0 Å². The second kappa shape index (κ2) is 4.88. The smallest absolute Gasteiger partial charge is 0.137 e. The van der Waals surface area contributed by atoms with Gasteiger partial charge < -0.3 is 4.74 Å². The van der Waals surface area contributed by atoms with Crippen LogP contribution in [0.3, 0.4) is 0 Å². The zero-order chi connectivity index (χ0) is 16.8. The van der Waals surface area contributed by atoms with E-state index in [1.807, 2.05) is 0 Å². The minimum atomic E-state index is 0.0545. The van der Waals surface area contributed by atoms with Gasteiger partial charge in [0.1, 0.15) is 5.78 Å². The van der Waals surface area contributed by atoms with Crippen molar-refractivity contribution in [3.05, 3.63) is 23.3 Å². The molecule has 134 valence electrons. The highest BCUT2D eigenvalue weighted by Crippen LogP contribution is 2.72. The molecular formula is C23H30O2. The molecule has 5 aliphatic carbocycles. The lowest BCUT2D eigenvalue weighted by atomic mass is 9.51. The summed E-state index contributed by atoms with van der Waals surface area (Å²) in [5.74, 6) is 4.72. The molecule has 2 heteroatoms. The lowest BCUT2D eigenvalue weighted by Crippen LogP contribution is -2.53. The number of rotatable bonds is 1. The van der Waals surface area contributed by atoms with Crippen LogP contribution in [0.25, 0.3) is 0 Å². The number of hydrogen-bond acceptors (Lipinski definition) is 2. The summed E-state index contributed by atoms with van der Waals surface area (Å²) in [6.07, 6.45) is 15.4. The van der Waals surface area contributed by atoms with Crippen LogP contribution in [0.15, 0.2) is 23.3 Å². The molecule has 3 fully saturated rings. The maximum Gasteiger partial charge on any atom is 0.137 e. The molecule has 0 bridgehead atoms. The van der Waals surface area contributed by atoms with Crippen LogP contribution >= 0.6 is 0 Å². The Labute approximate surface area is 151 Å². The van der Waals surface area contributed by atoms with E-state index in [1.165, 1.54) is 38.5 Å². The molecule has 0 saturated heterocycles. The molecule has 0 amide bonds. The fourth-order valence-corrected chi connectivity index (χ4v) is 8.43. The topological polar surface area (TPSA) is 26.3 Å². The molecule has 2 nitrogen and oxygen atoms in total. The van der Waals surface area contributed by atoms with Crippen LogP contribution in [0.5, 0.6) is 0 Å². The normalized spacial score (nSPS) is 52.8. The van der Waals surface area contributed by atoms with Gasteiger partial charge in [0.15, 0.2) is 0 Å². The van der Waals surface area contributed by atoms with E-state index in [9.17, 15) is 4.79 Å². The van der Waals surface area contributed by atoms with Crippen LogP contribution in [-0.4, -0.2) is 18.0 Å². The summed E-state index contributed by atoms with van der Waals surface area (Å²) in [6.45, 7) is 3.25. The van der Waals surface area contributed by atoms with Crippen LogP contribution in [0.4, 0.5) is 0 Å². The highest BCUT2D eigenvalue weighted by Gasteiger charge is 2.68. The van der Waals surface area contributed by atoms with E-state index >= 15 is 0 Å². The molecule has 7 atom stereocenters. The van der Waals surface area contributed by atoms with Gasteiger partial charge in [0.05, 0.1) is 12.2 Å². The number of hydrogen-bond donors (Lipinski definition) is 0. The highest BCUT2D eigenvalue weighted by atomic mass is 16.5. The van der Waals surface area contributed by atoms with Gasteiger partial charge in [-0.05, 0) is 74.5 Å². The summed E-state index contributed by atoms with van der Waals surface area (Å²) in [7, 11) is 0. The van der Waals surface area contributed by atoms with Crippen LogP contribution < -0.4 is 0 Å². The SMILES string of the molecule is CC[C@]12CCC3C4=C(CC(=O)CC4)[C@@H]4C[C@@H]4C3C1CC[C@@]21C=CCO1. The Bertz CT molecular complexity index is 703. The number of fused-ring (bicyclic) bond motifs is 8. The summed E-state index contributed by atoms with van der Waals surface area (Å²) in [6, 6.07) is 0. The van der Waals surface area contributed by atoms with Gasteiger partial charge in [0.25, 0.3) is 0 Å². The first kappa shape index (κ1) is 15.2. The lowest BCUT2D eigenvalue weighted by Gasteiger charge is -2.55. The van der Waals surface area contributed by atoms with Crippen molar-refractivity contribution < 1.29 is 9.53 Å². The third kappa shape index (κ3) is 1.73. The largest absolute Gasteiger partial charge is 0.366 e. The Morgan fingerprint density at radius 2 is 2.08 bits per heavy atom. The van der Waals surface area contributed by atoms with Gasteiger partial charge in [-0.2, -0.15) is 0 Å². The molecule has 0 aromatic heterocycles. The van der Waals surface area contributed by atoms with E-state index < -0.39 is 0 Å². The molecule has 0 radical (unpaired) electrons. The fraction of sp³-hybridized carbons (Fsp3) is 0.783. The lowest BCUT2D eigenvalue weighted by molar-refractivity contribution is -0.120. The summed E-state index contributed by atoms with van der Waals surface area (Å²) < 4.78 is 6.45. The van der Waals surface area contributed by atoms with Gasteiger partial charge in [0, 0.05) is 18.3 Å². The predicted octanol–water partition coefficient (Wildman–Crippen LogP) is 4.84. The maximum atomic E-state index is 12.0. The molecule has 1 spiro atoms. The zero-order valence-electron chi connectivity index (χ0n) is 15.4. The maximum absolute atomic E-state index is 12.0. The average molecular weight is 338 g/mol. The Kier molecular flexibility index (Phi) is 2.97. The summed E-state index contributed by atoms with van der Waals surface area (Å²) in [4.78, 5) is 12.0. The molecule has 25 heavy (non-hydrogen) atoms. The standard InChI is InChI=1S/C23H30O2/c1-2-22-9-6-16-15-5-4-14(24)12-17(15)18-13-19(18)21(16)20(22)7-10-23(22)8-3-11-25-23/h3,8,16,18-21H,2,4-7,9-13H2,1H3/t16?,18-,19-,20?,21?,22-,23-/m0/s1. The monoisotopic (exact) mass is 338 g/mol. The van der Waals surface area contributed by atoms with E-state index in [1.54, 1.807) is 11.1 Å². The van der Waals surface area contributed by atoms with Crippen LogP contribution in [0.1, 0.15) is 64.7 Å². The third-order valence-electron chi connectivity index (χ3n) is 9.37. The van der Waals surface area contributed by atoms with Crippen molar-refractivity contribution in [2.75, 3.05) is 6.61 Å². The van der Waals surface area contributed by atoms with E-state index in [-0.39, 0.29) is 5.60 Å². The van der Waals surface area contributed by atoms with Gasteiger partial charge in [-0.25, -0.2) is 0 Å². The Hall–Kier alpha value is -0.890. The minimum absolute atomic E-state index is 0.0545. The summed E-state index contributed by atoms with van der Waals surface area (Å²) in [5.41, 5.74) is 3.82. The second-order valence-electron chi connectivity index (χ2n) is 9.75. The predicted molar refractivity (Wildman–Crippen MR) is 97.0 cm³/mol. The van der Waals surface area contributed by atoms with Crippen molar-refractivity contribution in [3.8, 4) is 0 Å². The van der Waals surface area contributed by atoms with Crippen LogP contribution in [-0.2, 0) is 9.53 Å². The molecule has 1 heterocycles. The van der Waals surface area contributed by atoms with Gasteiger partial charge in [-0.15, -0.1) is 0 Å². The first-order chi connectivity index (χ1) is 12.2. The van der Waals surface area contributed by atoms with Gasteiger partial charge in [0.2, 0.25) is 0 Å². The van der Waals surface area contributed by atoms with Gasteiger partial charge in [-0.3, -0.25) is 4.79 Å². The van der Waals surface area contributed by atoms with E-state index in [0.29, 0.717) is 11.2 Å². The Balaban J connectivity index is 1.42. The highest BCUT2D eigenvalue weighted by molar-refractivity contribution is 5.83. The number of ketones is 1. The second-order valence-corrected chi connectivity index (χ2v) is 9.75. The van der Waals surface area contributed by atoms with Crippen molar-refractivity contribution in [1.82, 2.24) is 0 Å². The quantitative estimate of drug-likeness (QED) is 0.639. The molecule has 3 unspecified atom stereocenters. The van der Waals surface area contributed by atoms with Crippen molar-refractivity contribution in [1.29, 1.82) is 0 Å². The van der Waals surface area contributed by atoms with Crippen molar-refractivity contribution in [3.63, 3.8) is 0 Å². The minimum Gasteiger partial charge on any atom is -0.366 e. The first-order valence-electron chi connectivity index (χ1n) is 10.7. The molecule has 6 rings (SSSR count). The fourth-order valence-electron chi connectivity index (χ4n) is 8.43. The van der Waals surface area contributed by atoms with Crippen LogP contribution in [0.2, 0.25) is 0 Å². The summed E-state index contributed by atoms with van der Waals surface area (Å²) in [5, 5.41) is 0. The first-order valence-corrected chi connectivity index (χ1v) is 10.7. The van der Waals surface area contributed by atoms with Crippen molar-refractivity contribution in [2.45, 2.75) is 70.3 Å². The Morgan fingerprint density at radius 1 is 1.16 bits per heavy atom. The molecule has 6 aliphatic rings. The van der Waals surface area contributed by atoms with E-state index in [4.69, 9.17) is 4.74 Å². The summed E-state index contributed by atoms with van der Waals surface area (Å²) >= 11 is 0. The average Bonchev–Trinajstić information content (AvgIpc) is 3.18. The Morgan fingerprint density at radius 3 is 2.88 bits per heavy atom. The molecule has 3 saturated carbocycles. The van der Waals surface area contributed by atoms with Crippen LogP contribution in [0, 0.1) is 35.0 Å². The van der Waals surface area contributed by atoms with E-state index in [0.717, 1.165) is 55.5 Å². The molecule has 0 aromatic carbocycles. The van der Waals surface area contributed by atoms with E-state index in [2.05, 4.69) is 19.1 Å². The number of Topliss-reactive ketones (excluding diaryl/α,β-unsaturated/α-hetero) is 1. The number of allylic oxidation sites excluding steroid dienone is 2. The number of ether oxygens (including phenoxy) is 1. The van der Waals surface area contributed by atoms with Crippen molar-refractivity contribution in [2.24, 2.45) is 35.0 Å². The molecular weight excluding hydrogens is 308 g/mol. The molecule has 0 N–H and O–H groups in total. The molecule has 1 aliphatic heterocycles.